The van der Waals surface area contributed by atoms with E-state index in [-0.39, 0.29) is 12.0 Å². The van der Waals surface area contributed by atoms with Crippen molar-refractivity contribution in [2.24, 2.45) is 0 Å². The fourth-order valence-electron chi connectivity index (χ4n) is 0.954. The predicted octanol–water partition coefficient (Wildman–Crippen LogP) is 0.429. The van der Waals surface area contributed by atoms with Crippen LogP contribution >= 0.6 is 11.5 Å². The number of rotatable bonds is 5. The maximum Gasteiger partial charge on any atom is 0.264 e. The van der Waals surface area contributed by atoms with E-state index in [2.05, 4.69) is 14.9 Å². The maximum atomic E-state index is 11.3. The zero-order chi connectivity index (χ0) is 10.4. The Labute approximate surface area is 86.3 Å². The Morgan fingerprint density at radius 2 is 2.57 bits per heavy atom. The van der Waals surface area contributed by atoms with Crippen molar-refractivity contribution in [2.75, 3.05) is 6.54 Å². The highest BCUT2D eigenvalue weighted by Gasteiger charge is 2.06. The molecule has 14 heavy (non-hydrogen) atoms. The summed E-state index contributed by atoms with van der Waals surface area (Å²) in [4.78, 5) is 11.8. The third-order valence-corrected chi connectivity index (χ3v) is 2.33. The zero-order valence-electron chi connectivity index (χ0n) is 7.93. The van der Waals surface area contributed by atoms with Crippen LogP contribution in [0.3, 0.4) is 0 Å². The van der Waals surface area contributed by atoms with Crippen LogP contribution in [0.4, 0.5) is 0 Å². The number of hydrogen-bond acceptors (Lipinski definition) is 5. The Morgan fingerprint density at radius 3 is 3.14 bits per heavy atom. The highest BCUT2D eigenvalue weighted by molar-refractivity contribution is 7.07. The highest BCUT2D eigenvalue weighted by Crippen LogP contribution is 2.01. The van der Waals surface area contributed by atoms with Crippen LogP contribution in [-0.4, -0.2) is 33.2 Å². The molecule has 1 amide bonds. The molecule has 0 bridgehead atoms. The number of aliphatic hydroxyl groups excluding tert-OH is 1. The summed E-state index contributed by atoms with van der Waals surface area (Å²) in [5, 5.41) is 15.3. The summed E-state index contributed by atoms with van der Waals surface area (Å²) >= 11 is 1.07. The second-order valence-corrected chi connectivity index (χ2v) is 3.81. The summed E-state index contributed by atoms with van der Waals surface area (Å²) < 4.78 is 3.59. The van der Waals surface area contributed by atoms with Gasteiger partial charge in [0.15, 0.2) is 0 Å². The summed E-state index contributed by atoms with van der Waals surface area (Å²) in [5.74, 6) is -0.148. The first-order valence-electron chi connectivity index (χ1n) is 4.44. The molecule has 0 aromatic carbocycles. The molecule has 5 nitrogen and oxygen atoms in total. The molecule has 0 spiro atoms. The molecule has 1 unspecified atom stereocenters. The molecule has 6 heteroatoms. The number of carbonyl (C=O) groups is 1. The van der Waals surface area contributed by atoms with E-state index in [9.17, 15) is 4.79 Å². The topological polar surface area (TPSA) is 75.1 Å². The number of amides is 1. The molecule has 1 aromatic heterocycles. The SMILES string of the molecule is CC(O)CCCNC(=O)c1cnns1. The van der Waals surface area contributed by atoms with E-state index in [1.54, 1.807) is 6.92 Å². The molecule has 0 radical (unpaired) electrons. The minimum atomic E-state index is -0.308. The van der Waals surface area contributed by atoms with Crippen molar-refractivity contribution in [2.45, 2.75) is 25.9 Å². The lowest BCUT2D eigenvalue weighted by atomic mass is 10.2. The molecule has 0 saturated heterocycles. The highest BCUT2D eigenvalue weighted by atomic mass is 32.1. The Kier molecular flexibility index (Phi) is 4.48. The van der Waals surface area contributed by atoms with Gasteiger partial charge < -0.3 is 10.4 Å². The molecule has 0 aliphatic rings. The fourth-order valence-corrected chi connectivity index (χ4v) is 1.39. The second kappa shape index (κ2) is 5.66. The van der Waals surface area contributed by atoms with Gasteiger partial charge in [-0.3, -0.25) is 4.79 Å². The molecule has 2 N–H and O–H groups in total. The second-order valence-electron chi connectivity index (χ2n) is 3.03. The molecular weight excluding hydrogens is 202 g/mol. The summed E-state index contributed by atoms with van der Waals surface area (Å²) in [7, 11) is 0. The van der Waals surface area contributed by atoms with Crippen LogP contribution in [0, 0.1) is 0 Å². The van der Waals surface area contributed by atoms with E-state index >= 15 is 0 Å². The third kappa shape index (κ3) is 3.80. The van der Waals surface area contributed by atoms with Crippen LogP contribution in [0.1, 0.15) is 29.4 Å². The van der Waals surface area contributed by atoms with E-state index in [1.165, 1.54) is 6.20 Å². The average molecular weight is 215 g/mol. The number of aliphatic hydroxyl groups is 1. The predicted molar refractivity (Wildman–Crippen MR) is 53.2 cm³/mol. The Balaban J connectivity index is 2.16. The number of nitrogens with zero attached hydrogens (tertiary/aromatic N) is 2. The Morgan fingerprint density at radius 1 is 1.79 bits per heavy atom. The Hall–Kier alpha value is -1.01. The van der Waals surface area contributed by atoms with Gasteiger partial charge in [-0.05, 0) is 31.3 Å². The van der Waals surface area contributed by atoms with E-state index in [1.807, 2.05) is 0 Å². The number of nitrogens with one attached hydrogen (secondary N) is 1. The number of aromatic nitrogens is 2. The van der Waals surface area contributed by atoms with Gasteiger partial charge in [-0.15, -0.1) is 5.10 Å². The van der Waals surface area contributed by atoms with E-state index in [4.69, 9.17) is 5.11 Å². The van der Waals surface area contributed by atoms with E-state index in [0.717, 1.165) is 18.0 Å². The number of carbonyl (C=O) groups excluding carboxylic acids is 1. The van der Waals surface area contributed by atoms with Gasteiger partial charge in [0, 0.05) is 6.54 Å². The van der Waals surface area contributed by atoms with E-state index < -0.39 is 0 Å². The smallest absolute Gasteiger partial charge is 0.264 e. The molecule has 78 valence electrons. The van der Waals surface area contributed by atoms with Gasteiger partial charge in [0.2, 0.25) is 0 Å². The minimum absolute atomic E-state index is 0.148. The van der Waals surface area contributed by atoms with Gasteiger partial charge in [-0.25, -0.2) is 0 Å². The summed E-state index contributed by atoms with van der Waals surface area (Å²) in [6.07, 6.45) is 2.60. The van der Waals surface area contributed by atoms with Crippen LogP contribution < -0.4 is 5.32 Å². The standard InChI is InChI=1S/C8H13N3O2S/c1-6(12)3-2-4-9-8(13)7-5-10-11-14-7/h5-6,12H,2-4H2,1H3,(H,9,13). The quantitative estimate of drug-likeness (QED) is 0.698. The van der Waals surface area contributed by atoms with Gasteiger partial charge in [-0.2, -0.15) is 0 Å². The molecular formula is C8H13N3O2S. The van der Waals surface area contributed by atoms with Gasteiger partial charge in [0.25, 0.3) is 5.91 Å². The van der Waals surface area contributed by atoms with E-state index in [0.29, 0.717) is 17.8 Å². The molecule has 0 fully saturated rings. The molecule has 1 aromatic rings. The van der Waals surface area contributed by atoms with Gasteiger partial charge in [0.1, 0.15) is 4.88 Å². The van der Waals surface area contributed by atoms with Crippen LogP contribution in [0.15, 0.2) is 6.20 Å². The lowest BCUT2D eigenvalue weighted by molar-refractivity contribution is 0.0953. The van der Waals surface area contributed by atoms with Crippen molar-refractivity contribution in [3.63, 3.8) is 0 Å². The van der Waals surface area contributed by atoms with Crippen LogP contribution in [0.2, 0.25) is 0 Å². The van der Waals surface area contributed by atoms with Crippen molar-refractivity contribution >= 4 is 17.4 Å². The summed E-state index contributed by atoms with van der Waals surface area (Å²) in [6, 6.07) is 0. The first-order chi connectivity index (χ1) is 6.70. The lowest BCUT2D eigenvalue weighted by Crippen LogP contribution is -2.24. The van der Waals surface area contributed by atoms with Gasteiger partial charge in [-0.1, -0.05) is 4.49 Å². The van der Waals surface area contributed by atoms with Crippen molar-refractivity contribution in [1.29, 1.82) is 0 Å². The molecule has 0 aliphatic heterocycles. The monoisotopic (exact) mass is 215 g/mol. The fraction of sp³-hybridized carbons (Fsp3) is 0.625. The minimum Gasteiger partial charge on any atom is -0.393 e. The van der Waals surface area contributed by atoms with Gasteiger partial charge >= 0.3 is 0 Å². The third-order valence-electron chi connectivity index (χ3n) is 1.67. The first-order valence-corrected chi connectivity index (χ1v) is 5.21. The van der Waals surface area contributed by atoms with Crippen molar-refractivity contribution in [1.82, 2.24) is 14.9 Å². The normalized spacial score (nSPS) is 12.4. The maximum absolute atomic E-state index is 11.3. The number of hydrogen-bond donors (Lipinski definition) is 2. The lowest BCUT2D eigenvalue weighted by Gasteiger charge is -2.04. The molecule has 1 rings (SSSR count). The van der Waals surface area contributed by atoms with Crippen LogP contribution in [0.5, 0.6) is 0 Å². The summed E-state index contributed by atoms with van der Waals surface area (Å²) in [6.45, 7) is 2.30. The molecule has 0 saturated carbocycles. The van der Waals surface area contributed by atoms with Crippen molar-refractivity contribution in [3.8, 4) is 0 Å². The average Bonchev–Trinajstić information content (AvgIpc) is 2.64. The summed E-state index contributed by atoms with van der Waals surface area (Å²) in [5.41, 5.74) is 0. The van der Waals surface area contributed by atoms with Crippen molar-refractivity contribution in [3.05, 3.63) is 11.1 Å². The zero-order valence-corrected chi connectivity index (χ0v) is 8.75. The largest absolute Gasteiger partial charge is 0.393 e. The van der Waals surface area contributed by atoms with Gasteiger partial charge in [0.05, 0.1) is 12.3 Å². The van der Waals surface area contributed by atoms with Crippen LogP contribution in [0.25, 0.3) is 0 Å². The molecule has 1 atom stereocenters. The van der Waals surface area contributed by atoms with Crippen molar-refractivity contribution < 1.29 is 9.90 Å². The molecule has 1 heterocycles. The van der Waals surface area contributed by atoms with Crippen LogP contribution in [-0.2, 0) is 0 Å². The Bertz CT molecular complexity index is 274. The molecule has 0 aliphatic carbocycles. The first kappa shape index (κ1) is 11.1.